The maximum atomic E-state index is 14.5. The molecule has 3 fully saturated rings. The van der Waals surface area contributed by atoms with E-state index in [1.165, 1.54) is 64.4 Å². The van der Waals surface area contributed by atoms with Gasteiger partial charge in [0, 0.05) is 37.9 Å². The van der Waals surface area contributed by atoms with Crippen LogP contribution in [0.25, 0.3) is 0 Å². The van der Waals surface area contributed by atoms with Crippen molar-refractivity contribution in [2.75, 3.05) is 71.5 Å². The van der Waals surface area contributed by atoms with Gasteiger partial charge in [-0.2, -0.15) is 0 Å². The topological polar surface area (TPSA) is 74.4 Å². The van der Waals surface area contributed by atoms with Crippen molar-refractivity contribution in [3.63, 3.8) is 0 Å². The normalized spacial score (nSPS) is 27.6. The Bertz CT molecular complexity index is 1120. The molecule has 3 saturated heterocycles. The highest BCUT2D eigenvalue weighted by Crippen LogP contribution is 2.55. The van der Waals surface area contributed by atoms with Crippen LogP contribution in [-0.4, -0.2) is 94.3 Å². The second-order valence-electron chi connectivity index (χ2n) is 13.1. The Morgan fingerprint density at radius 3 is 2.56 bits per heavy atom. The summed E-state index contributed by atoms with van der Waals surface area (Å²) in [6.45, 7) is 10.7. The number of para-hydroxylation sites is 1. The smallest absolute Gasteiger partial charge is 0.337 e. The van der Waals surface area contributed by atoms with E-state index < -0.39 is 5.41 Å². The maximum Gasteiger partial charge on any atom is 0.337 e. The fraction of sp³-hybridized carbons (Fsp3) is 0.714. The van der Waals surface area contributed by atoms with Gasteiger partial charge >= 0.3 is 5.97 Å². The maximum absolute atomic E-state index is 14.5. The number of nitrogens with one attached hydrogen (secondary N) is 1. The standard InChI is InChI=1S/C35H54N4O4/c1-4-27-25-38-22-16-35(32(38)24-28(27)29(26-42-2)33(40)43-3)30-14-8-9-15-31(30)39(34(35)41)21-11-7-5-6-10-17-36-18-23-37-19-12-13-20-37/h8-9,14-15,26-28,32,36H,4-7,10-13,16-25H2,1-3H3/b29-26+/t27-,28-,32-,35+/m0/s1. The number of ether oxygens (including phenoxy) is 2. The second kappa shape index (κ2) is 15.0. The molecule has 4 aliphatic heterocycles. The van der Waals surface area contributed by atoms with E-state index in [0.717, 1.165) is 70.5 Å². The summed E-state index contributed by atoms with van der Waals surface area (Å²) in [4.78, 5) is 34.5. The van der Waals surface area contributed by atoms with Gasteiger partial charge in [-0.05, 0) is 88.2 Å². The number of hydrogen-bond acceptors (Lipinski definition) is 7. The zero-order valence-electron chi connectivity index (χ0n) is 26.8. The zero-order chi connectivity index (χ0) is 30.2. The molecule has 43 heavy (non-hydrogen) atoms. The lowest BCUT2D eigenvalue weighted by molar-refractivity contribution is -0.137. The molecule has 0 aromatic heterocycles. The summed E-state index contributed by atoms with van der Waals surface area (Å²) in [7, 11) is 3.01. The summed E-state index contributed by atoms with van der Waals surface area (Å²) in [5.74, 6) is 0.239. The highest BCUT2D eigenvalue weighted by molar-refractivity contribution is 6.09. The molecule has 1 amide bonds. The largest absolute Gasteiger partial charge is 0.504 e. The van der Waals surface area contributed by atoms with Gasteiger partial charge in [0.2, 0.25) is 5.91 Å². The van der Waals surface area contributed by atoms with Crippen LogP contribution < -0.4 is 10.2 Å². The van der Waals surface area contributed by atoms with Gasteiger partial charge in [-0.1, -0.05) is 50.8 Å². The molecule has 0 radical (unpaired) electrons. The molecule has 238 valence electrons. The molecule has 0 saturated carbocycles. The van der Waals surface area contributed by atoms with E-state index in [-0.39, 0.29) is 23.8 Å². The van der Waals surface area contributed by atoms with Gasteiger partial charge in [-0.3, -0.25) is 9.69 Å². The zero-order valence-corrected chi connectivity index (χ0v) is 26.8. The molecule has 4 aliphatic rings. The van der Waals surface area contributed by atoms with E-state index in [9.17, 15) is 9.59 Å². The molecule has 8 nitrogen and oxygen atoms in total. The lowest BCUT2D eigenvalue weighted by Gasteiger charge is -2.45. The van der Waals surface area contributed by atoms with Gasteiger partial charge < -0.3 is 24.6 Å². The number of anilines is 1. The number of benzene rings is 1. The van der Waals surface area contributed by atoms with Crippen molar-refractivity contribution in [3.05, 3.63) is 41.7 Å². The predicted molar refractivity (Wildman–Crippen MR) is 171 cm³/mol. The van der Waals surface area contributed by atoms with Crippen LogP contribution >= 0.6 is 0 Å². The van der Waals surface area contributed by atoms with Crippen molar-refractivity contribution >= 4 is 17.6 Å². The summed E-state index contributed by atoms with van der Waals surface area (Å²) in [6.07, 6.45) is 12.7. The van der Waals surface area contributed by atoms with Crippen LogP contribution in [0.2, 0.25) is 0 Å². The summed E-state index contributed by atoms with van der Waals surface area (Å²) in [5, 5.41) is 3.61. The molecule has 8 heteroatoms. The first-order valence-corrected chi connectivity index (χ1v) is 16.9. The average Bonchev–Trinajstić information content (AvgIpc) is 3.75. The fourth-order valence-electron chi connectivity index (χ4n) is 8.47. The first-order chi connectivity index (χ1) is 21.0. The van der Waals surface area contributed by atoms with Crippen LogP contribution in [0.1, 0.15) is 76.7 Å². The van der Waals surface area contributed by atoms with Crippen LogP contribution in [-0.2, 0) is 24.5 Å². The summed E-state index contributed by atoms with van der Waals surface area (Å²) in [6, 6.07) is 8.52. The van der Waals surface area contributed by atoms with Crippen molar-refractivity contribution in [3.8, 4) is 0 Å². The van der Waals surface area contributed by atoms with Gasteiger partial charge in [-0.25, -0.2) is 4.79 Å². The van der Waals surface area contributed by atoms with E-state index in [2.05, 4.69) is 51.2 Å². The molecule has 0 bridgehead atoms. The van der Waals surface area contributed by atoms with Gasteiger partial charge in [0.15, 0.2) is 0 Å². The third-order valence-corrected chi connectivity index (χ3v) is 10.7. The number of carbonyl (C=O) groups excluding carboxylic acids is 2. The Hall–Kier alpha value is -2.42. The van der Waals surface area contributed by atoms with Crippen molar-refractivity contribution < 1.29 is 19.1 Å². The van der Waals surface area contributed by atoms with Gasteiger partial charge in [0.1, 0.15) is 0 Å². The Morgan fingerprint density at radius 1 is 1.02 bits per heavy atom. The number of unbranched alkanes of at least 4 members (excludes halogenated alkanes) is 4. The Labute approximate surface area is 259 Å². The molecule has 1 spiro atoms. The first-order valence-electron chi connectivity index (χ1n) is 16.9. The van der Waals surface area contributed by atoms with E-state index >= 15 is 0 Å². The van der Waals surface area contributed by atoms with Gasteiger partial charge in [0.05, 0.1) is 31.5 Å². The molecule has 4 atom stereocenters. The van der Waals surface area contributed by atoms with E-state index in [1.807, 2.05) is 0 Å². The lowest BCUT2D eigenvalue weighted by atomic mass is 9.67. The molecule has 5 rings (SSSR count). The minimum absolute atomic E-state index is 0.00246. The number of piperidine rings is 1. The number of hydrogen-bond donors (Lipinski definition) is 1. The van der Waals surface area contributed by atoms with Gasteiger partial charge in [-0.15, -0.1) is 0 Å². The summed E-state index contributed by atoms with van der Waals surface area (Å²) >= 11 is 0. The van der Waals surface area contributed by atoms with Crippen molar-refractivity contribution in [2.24, 2.45) is 11.8 Å². The third-order valence-electron chi connectivity index (χ3n) is 10.7. The quantitative estimate of drug-likeness (QED) is 0.136. The number of methoxy groups -OCH3 is 2. The molecule has 1 N–H and O–H groups in total. The first kappa shape index (κ1) is 32.0. The van der Waals surface area contributed by atoms with Crippen LogP contribution in [0.3, 0.4) is 0 Å². The average molecular weight is 595 g/mol. The van der Waals surface area contributed by atoms with Crippen molar-refractivity contribution in [1.82, 2.24) is 15.1 Å². The number of fused-ring (bicyclic) bond motifs is 4. The molecule has 0 aliphatic carbocycles. The van der Waals surface area contributed by atoms with Crippen LogP contribution in [0, 0.1) is 11.8 Å². The van der Waals surface area contributed by atoms with E-state index in [4.69, 9.17) is 9.47 Å². The molecular formula is C35H54N4O4. The fourth-order valence-corrected chi connectivity index (χ4v) is 8.47. The number of esters is 1. The van der Waals surface area contributed by atoms with Gasteiger partial charge in [0.25, 0.3) is 0 Å². The van der Waals surface area contributed by atoms with E-state index in [1.54, 1.807) is 13.4 Å². The predicted octanol–water partition coefficient (Wildman–Crippen LogP) is 4.73. The third kappa shape index (κ3) is 6.66. The molecule has 0 unspecified atom stereocenters. The van der Waals surface area contributed by atoms with Crippen LogP contribution in [0.5, 0.6) is 0 Å². The number of nitrogens with zero attached hydrogens (tertiary/aromatic N) is 3. The Kier molecular flexibility index (Phi) is 11.2. The van der Waals surface area contributed by atoms with Crippen LogP contribution in [0.4, 0.5) is 5.69 Å². The Morgan fingerprint density at radius 2 is 1.79 bits per heavy atom. The van der Waals surface area contributed by atoms with Crippen molar-refractivity contribution in [2.45, 2.75) is 82.6 Å². The van der Waals surface area contributed by atoms with E-state index in [0.29, 0.717) is 11.5 Å². The molecular weight excluding hydrogens is 540 g/mol. The number of amides is 1. The van der Waals surface area contributed by atoms with Crippen molar-refractivity contribution in [1.29, 1.82) is 0 Å². The summed E-state index contributed by atoms with van der Waals surface area (Å²) < 4.78 is 10.5. The molecule has 1 aromatic carbocycles. The second-order valence-corrected chi connectivity index (χ2v) is 13.1. The number of rotatable bonds is 15. The minimum atomic E-state index is -0.553. The number of likely N-dealkylation sites (tertiary alicyclic amines) is 1. The highest BCUT2D eigenvalue weighted by Gasteiger charge is 2.62. The SMILES string of the molecule is CC[C@H]1CN2CC[C@]3(C(=O)N(CCCCCCCNCCN4CCCC4)c4ccccc43)[C@@H]2C[C@@H]1/C(=C\OC)C(=O)OC. The highest BCUT2D eigenvalue weighted by atomic mass is 16.5. The summed E-state index contributed by atoms with van der Waals surface area (Å²) in [5.41, 5.74) is 2.31. The minimum Gasteiger partial charge on any atom is -0.504 e. The lowest BCUT2D eigenvalue weighted by Crippen LogP contribution is -2.55. The van der Waals surface area contributed by atoms with Crippen LogP contribution in [0.15, 0.2) is 36.1 Å². The number of carbonyl (C=O) groups is 2. The Balaban J connectivity index is 1.18. The molecule has 4 heterocycles. The monoisotopic (exact) mass is 594 g/mol. The molecule has 1 aromatic rings.